The number of thiophene rings is 1. The lowest BCUT2D eigenvalue weighted by atomic mass is 10.1. The molecule has 14 heteroatoms. The number of carbonyl (C=O) groups excluding carboxylic acids is 3. The van der Waals surface area contributed by atoms with Crippen LogP contribution in [0.1, 0.15) is 9.67 Å². The van der Waals surface area contributed by atoms with E-state index in [1.54, 1.807) is 48.5 Å². The fraction of sp³-hybridized carbons (Fsp3) is 0.269. The highest BCUT2D eigenvalue weighted by atomic mass is 35.5. The predicted octanol–water partition coefficient (Wildman–Crippen LogP) is 2.96. The lowest BCUT2D eigenvalue weighted by Gasteiger charge is -2.35. The van der Waals surface area contributed by atoms with Crippen molar-refractivity contribution in [2.24, 2.45) is 0 Å². The molecule has 0 spiro atoms. The average molecular weight is 603 g/mol. The normalized spacial score (nSPS) is 20.9. The van der Waals surface area contributed by atoms with Gasteiger partial charge in [-0.2, -0.15) is 4.31 Å². The van der Waals surface area contributed by atoms with Crippen molar-refractivity contribution < 1.29 is 32.3 Å². The van der Waals surface area contributed by atoms with Crippen LogP contribution in [0.3, 0.4) is 0 Å². The molecule has 2 saturated heterocycles. The van der Waals surface area contributed by atoms with E-state index in [9.17, 15) is 22.8 Å². The Morgan fingerprint density at radius 1 is 1.07 bits per heavy atom. The van der Waals surface area contributed by atoms with Crippen molar-refractivity contribution in [1.29, 1.82) is 0 Å². The molecule has 0 saturated carbocycles. The summed E-state index contributed by atoms with van der Waals surface area (Å²) in [6.07, 6.45) is -1.18. The fourth-order valence-electron chi connectivity index (χ4n) is 4.95. The highest BCUT2D eigenvalue weighted by Gasteiger charge is 2.47. The number of amides is 3. The van der Waals surface area contributed by atoms with Gasteiger partial charge in [-0.05, 0) is 36.4 Å². The topological polar surface area (TPSA) is 126 Å². The number of hydrogen-bond donors (Lipinski definition) is 1. The monoisotopic (exact) mass is 602 g/mol. The van der Waals surface area contributed by atoms with Gasteiger partial charge in [0.1, 0.15) is 24.5 Å². The number of rotatable bonds is 6. The Labute approximate surface area is 238 Å². The maximum Gasteiger partial charge on any atom is 0.415 e. The number of ether oxygens (including phenoxy) is 2. The Kier molecular flexibility index (Phi) is 6.90. The Bertz CT molecular complexity index is 1600. The van der Waals surface area contributed by atoms with Gasteiger partial charge in [-0.1, -0.05) is 29.8 Å². The number of carbonyl (C=O) groups is 3. The number of halogens is 1. The summed E-state index contributed by atoms with van der Waals surface area (Å²) in [5, 5.41) is 2.78. The van der Waals surface area contributed by atoms with Gasteiger partial charge in [0.05, 0.1) is 32.9 Å². The molecule has 3 amide bonds. The summed E-state index contributed by atoms with van der Waals surface area (Å²) < 4.78 is 39.1. The second-order valence-corrected chi connectivity index (χ2v) is 13.0. The van der Waals surface area contributed by atoms with E-state index in [4.69, 9.17) is 21.1 Å². The summed E-state index contributed by atoms with van der Waals surface area (Å²) in [5.41, 5.74) is 1.02. The van der Waals surface area contributed by atoms with Crippen molar-refractivity contribution in [3.05, 3.63) is 69.9 Å². The average Bonchev–Trinajstić information content (AvgIpc) is 3.54. The summed E-state index contributed by atoms with van der Waals surface area (Å²) in [6.45, 7) is 0.232. The molecule has 2 aromatic carbocycles. The zero-order chi connectivity index (χ0) is 28.0. The minimum absolute atomic E-state index is 0.0999. The number of anilines is 2. The van der Waals surface area contributed by atoms with Gasteiger partial charge in [0, 0.05) is 24.8 Å². The lowest BCUT2D eigenvalue weighted by Crippen LogP contribution is -2.52. The number of fused-ring (bicyclic) bond motifs is 3. The van der Waals surface area contributed by atoms with E-state index in [-0.39, 0.29) is 49.5 Å². The summed E-state index contributed by atoms with van der Waals surface area (Å²) in [7, 11) is -3.79. The van der Waals surface area contributed by atoms with Crippen LogP contribution in [0.15, 0.2) is 65.6 Å². The highest BCUT2D eigenvalue weighted by Crippen LogP contribution is 2.41. The first-order valence-corrected chi connectivity index (χ1v) is 15.0. The van der Waals surface area contributed by atoms with Gasteiger partial charge in [0.2, 0.25) is 15.9 Å². The van der Waals surface area contributed by atoms with E-state index in [0.29, 0.717) is 26.3 Å². The predicted molar refractivity (Wildman–Crippen MR) is 148 cm³/mol. The molecule has 2 fully saturated rings. The van der Waals surface area contributed by atoms with Gasteiger partial charge in [-0.25, -0.2) is 13.2 Å². The second-order valence-electron chi connectivity index (χ2n) is 9.33. The van der Waals surface area contributed by atoms with Crippen LogP contribution in [0.5, 0.6) is 5.75 Å². The summed E-state index contributed by atoms with van der Waals surface area (Å²) >= 11 is 7.06. The van der Waals surface area contributed by atoms with Gasteiger partial charge in [0.15, 0.2) is 0 Å². The van der Waals surface area contributed by atoms with Crippen LogP contribution < -0.4 is 19.9 Å². The first-order chi connectivity index (χ1) is 19.2. The minimum Gasteiger partial charge on any atom is -0.489 e. The maximum atomic E-state index is 13.0. The van der Waals surface area contributed by atoms with Crippen LogP contribution in [0.2, 0.25) is 4.34 Å². The van der Waals surface area contributed by atoms with E-state index < -0.39 is 28.3 Å². The van der Waals surface area contributed by atoms with Gasteiger partial charge in [-0.3, -0.25) is 14.5 Å². The van der Waals surface area contributed by atoms with Crippen molar-refractivity contribution >= 4 is 62.2 Å². The zero-order valence-electron chi connectivity index (χ0n) is 20.9. The number of cyclic esters (lactones) is 1. The van der Waals surface area contributed by atoms with Gasteiger partial charge < -0.3 is 19.7 Å². The van der Waals surface area contributed by atoms with Crippen LogP contribution in [0.4, 0.5) is 16.2 Å². The number of benzene rings is 2. The standard InChI is InChI=1S/C26H23ClN4O7S2/c27-23-9-8-22(39-23)25(33)28-13-21-19-15-37-20-12-16(6-7-18(20)31(19)26(34)38-21)30-11-10-29(14-24(30)32)40(35,36)17-4-2-1-3-5-17/h1-9,12,19,21H,10-11,13-15H2,(H,28,33)/t19-,21-/m0/s1. The van der Waals surface area contributed by atoms with Gasteiger partial charge in [-0.15, -0.1) is 11.3 Å². The van der Waals surface area contributed by atoms with Crippen molar-refractivity contribution in [3.8, 4) is 5.75 Å². The molecule has 40 heavy (non-hydrogen) atoms. The second kappa shape index (κ2) is 10.4. The van der Waals surface area contributed by atoms with Crippen LogP contribution in [-0.4, -0.2) is 75.6 Å². The molecular formula is C26H23ClN4O7S2. The van der Waals surface area contributed by atoms with E-state index in [0.717, 1.165) is 11.3 Å². The van der Waals surface area contributed by atoms with Crippen LogP contribution >= 0.6 is 22.9 Å². The molecule has 0 aliphatic carbocycles. The Morgan fingerprint density at radius 2 is 1.88 bits per heavy atom. The molecule has 0 radical (unpaired) electrons. The van der Waals surface area contributed by atoms with Crippen molar-refractivity contribution in [3.63, 3.8) is 0 Å². The van der Waals surface area contributed by atoms with Crippen molar-refractivity contribution in [2.45, 2.75) is 17.0 Å². The van der Waals surface area contributed by atoms with Crippen LogP contribution in [0, 0.1) is 0 Å². The smallest absolute Gasteiger partial charge is 0.415 e. The largest absolute Gasteiger partial charge is 0.489 e. The molecule has 4 heterocycles. The minimum atomic E-state index is -3.79. The summed E-state index contributed by atoms with van der Waals surface area (Å²) in [5.74, 6) is -0.284. The van der Waals surface area contributed by atoms with Gasteiger partial charge >= 0.3 is 6.09 Å². The molecular weight excluding hydrogens is 580 g/mol. The van der Waals surface area contributed by atoms with E-state index in [1.807, 2.05) is 0 Å². The molecule has 1 aromatic heterocycles. The highest BCUT2D eigenvalue weighted by molar-refractivity contribution is 7.89. The molecule has 3 aliphatic rings. The third-order valence-corrected chi connectivity index (χ3v) is 10.1. The molecule has 3 aliphatic heterocycles. The van der Waals surface area contributed by atoms with E-state index in [2.05, 4.69) is 5.32 Å². The number of hydrogen-bond acceptors (Lipinski definition) is 8. The van der Waals surface area contributed by atoms with Gasteiger partial charge in [0.25, 0.3) is 5.91 Å². The zero-order valence-corrected chi connectivity index (χ0v) is 23.2. The number of nitrogens with zero attached hydrogens (tertiary/aromatic N) is 3. The summed E-state index contributed by atoms with van der Waals surface area (Å²) in [6, 6.07) is 15.8. The SMILES string of the molecule is O=C(NC[C@@H]1OC(=O)N2c3ccc(N4CCN(S(=O)(=O)c5ccccc5)CC4=O)cc3OC[C@@H]12)c1ccc(Cl)s1. The lowest BCUT2D eigenvalue weighted by molar-refractivity contribution is -0.119. The fourth-order valence-corrected chi connectivity index (χ4v) is 7.31. The quantitative estimate of drug-likeness (QED) is 0.460. The van der Waals surface area contributed by atoms with Crippen LogP contribution in [-0.2, 0) is 19.6 Å². The molecule has 2 atom stereocenters. The molecule has 11 nitrogen and oxygen atoms in total. The Balaban J connectivity index is 1.13. The van der Waals surface area contributed by atoms with E-state index in [1.165, 1.54) is 26.2 Å². The number of piperazine rings is 1. The number of nitrogens with one attached hydrogen (secondary N) is 1. The molecule has 0 bridgehead atoms. The summed E-state index contributed by atoms with van der Waals surface area (Å²) in [4.78, 5) is 41.8. The molecule has 3 aromatic rings. The Hall–Kier alpha value is -3.65. The number of sulfonamides is 1. The third kappa shape index (κ3) is 4.79. The molecule has 208 valence electrons. The maximum absolute atomic E-state index is 13.0. The Morgan fingerprint density at radius 3 is 2.60 bits per heavy atom. The first-order valence-electron chi connectivity index (χ1n) is 12.4. The van der Waals surface area contributed by atoms with Crippen LogP contribution in [0.25, 0.3) is 0 Å². The first kappa shape index (κ1) is 26.6. The van der Waals surface area contributed by atoms with E-state index >= 15 is 0 Å². The molecule has 0 unspecified atom stereocenters. The molecule has 6 rings (SSSR count). The van der Waals surface area contributed by atoms with Crippen molar-refractivity contribution in [2.75, 3.05) is 42.6 Å². The molecule has 1 N–H and O–H groups in total. The third-order valence-electron chi connectivity index (χ3n) is 6.96. The van der Waals surface area contributed by atoms with Crippen molar-refractivity contribution in [1.82, 2.24) is 9.62 Å².